The van der Waals surface area contributed by atoms with Gasteiger partial charge in [-0.25, -0.2) is 0 Å². The van der Waals surface area contributed by atoms with Gasteiger partial charge < -0.3 is 21.3 Å². The van der Waals surface area contributed by atoms with E-state index in [1.807, 2.05) is 48.5 Å². The highest BCUT2D eigenvalue weighted by Crippen LogP contribution is 2.19. The number of carbonyl (C=O) groups excluding carboxylic acids is 3. The van der Waals surface area contributed by atoms with Crippen molar-refractivity contribution in [3.8, 4) is 0 Å². The average molecular weight is 499 g/mol. The number of aryl methyl sites for hydroxylation is 1. The Kier molecular flexibility index (Phi) is 9.29. The van der Waals surface area contributed by atoms with Crippen molar-refractivity contribution < 1.29 is 14.4 Å². The summed E-state index contributed by atoms with van der Waals surface area (Å²) in [7, 11) is 0. The van der Waals surface area contributed by atoms with Crippen molar-refractivity contribution in [1.82, 2.24) is 5.32 Å². The van der Waals surface area contributed by atoms with E-state index in [0.717, 1.165) is 36.9 Å². The lowest BCUT2D eigenvalue weighted by atomic mass is 9.95. The normalized spacial score (nSPS) is 13.4. The van der Waals surface area contributed by atoms with Gasteiger partial charge in [0.15, 0.2) is 0 Å². The fraction of sp³-hybridized carbons (Fsp3) is 0.300. The van der Waals surface area contributed by atoms with E-state index in [1.54, 1.807) is 30.3 Å². The van der Waals surface area contributed by atoms with E-state index in [2.05, 4.69) is 21.3 Å². The standard InChI is InChI=1S/C30H34N4O3/c35-28(19-14-22-8-3-1-4-9-22)33-27-13-7-12-26(20-27)31-21-29(36)32-25-17-15-23(16-18-25)30(37)34-24-10-5-2-6-11-24/h1,3-4,7-9,12-13,15-18,20,24,31H,2,5-6,10-11,14,19,21H2,(H,32,36)(H,33,35)(H,34,37). The molecular formula is C30H34N4O3. The summed E-state index contributed by atoms with van der Waals surface area (Å²) < 4.78 is 0. The second-order valence-electron chi connectivity index (χ2n) is 9.40. The zero-order valence-electron chi connectivity index (χ0n) is 21.0. The van der Waals surface area contributed by atoms with Crippen molar-refractivity contribution in [2.24, 2.45) is 0 Å². The first-order chi connectivity index (χ1) is 18.0. The largest absolute Gasteiger partial charge is 0.376 e. The Labute approximate surface area is 218 Å². The van der Waals surface area contributed by atoms with E-state index in [4.69, 9.17) is 0 Å². The Morgan fingerprint density at radius 1 is 0.703 bits per heavy atom. The minimum Gasteiger partial charge on any atom is -0.376 e. The van der Waals surface area contributed by atoms with Gasteiger partial charge in [-0.3, -0.25) is 14.4 Å². The summed E-state index contributed by atoms with van der Waals surface area (Å²) in [5.41, 5.74) is 3.73. The van der Waals surface area contributed by atoms with Crippen molar-refractivity contribution in [2.45, 2.75) is 51.0 Å². The van der Waals surface area contributed by atoms with E-state index in [9.17, 15) is 14.4 Å². The lowest BCUT2D eigenvalue weighted by Gasteiger charge is -2.22. The highest BCUT2D eigenvalue weighted by Gasteiger charge is 2.16. The van der Waals surface area contributed by atoms with Crippen LogP contribution >= 0.6 is 0 Å². The molecule has 192 valence electrons. The van der Waals surface area contributed by atoms with Gasteiger partial charge in [0.25, 0.3) is 5.91 Å². The number of nitrogens with one attached hydrogen (secondary N) is 4. The van der Waals surface area contributed by atoms with Crippen molar-refractivity contribution in [3.05, 3.63) is 90.0 Å². The maximum absolute atomic E-state index is 12.5. The summed E-state index contributed by atoms with van der Waals surface area (Å²) in [6.07, 6.45) is 6.72. The van der Waals surface area contributed by atoms with Gasteiger partial charge in [-0.2, -0.15) is 0 Å². The number of hydrogen-bond acceptors (Lipinski definition) is 4. The van der Waals surface area contributed by atoms with Crippen LogP contribution in [0, 0.1) is 0 Å². The van der Waals surface area contributed by atoms with Crippen LogP contribution in [0.25, 0.3) is 0 Å². The lowest BCUT2D eigenvalue weighted by Crippen LogP contribution is -2.36. The van der Waals surface area contributed by atoms with E-state index >= 15 is 0 Å². The van der Waals surface area contributed by atoms with Crippen LogP contribution in [0.4, 0.5) is 17.1 Å². The summed E-state index contributed by atoms with van der Waals surface area (Å²) in [5.74, 6) is -0.343. The third-order valence-corrected chi connectivity index (χ3v) is 6.45. The van der Waals surface area contributed by atoms with Gasteiger partial charge in [0, 0.05) is 35.1 Å². The quantitative estimate of drug-likeness (QED) is 0.302. The summed E-state index contributed by atoms with van der Waals surface area (Å²) in [4.78, 5) is 37.2. The monoisotopic (exact) mass is 498 g/mol. The molecule has 1 aliphatic carbocycles. The van der Waals surface area contributed by atoms with Crippen LogP contribution in [0.2, 0.25) is 0 Å². The minimum absolute atomic E-state index is 0.0605. The van der Waals surface area contributed by atoms with Crippen molar-refractivity contribution in [1.29, 1.82) is 0 Å². The molecule has 0 saturated heterocycles. The van der Waals surface area contributed by atoms with Crippen LogP contribution in [-0.4, -0.2) is 30.3 Å². The molecule has 3 amide bonds. The van der Waals surface area contributed by atoms with Gasteiger partial charge in [0.1, 0.15) is 0 Å². The van der Waals surface area contributed by atoms with Crippen molar-refractivity contribution >= 4 is 34.8 Å². The fourth-order valence-electron chi connectivity index (χ4n) is 4.44. The number of anilines is 3. The van der Waals surface area contributed by atoms with Gasteiger partial charge >= 0.3 is 0 Å². The van der Waals surface area contributed by atoms with E-state index in [-0.39, 0.29) is 30.3 Å². The molecule has 3 aromatic rings. The van der Waals surface area contributed by atoms with Crippen LogP contribution < -0.4 is 21.3 Å². The molecule has 1 saturated carbocycles. The van der Waals surface area contributed by atoms with Crippen LogP contribution in [0.3, 0.4) is 0 Å². The molecule has 0 atom stereocenters. The zero-order chi connectivity index (χ0) is 25.9. The number of amides is 3. The van der Waals surface area contributed by atoms with E-state index in [1.165, 1.54) is 6.42 Å². The van der Waals surface area contributed by atoms with Gasteiger partial charge in [0.2, 0.25) is 11.8 Å². The molecular weight excluding hydrogens is 464 g/mol. The molecule has 0 bridgehead atoms. The topological polar surface area (TPSA) is 99.3 Å². The third kappa shape index (κ3) is 8.49. The van der Waals surface area contributed by atoms with Gasteiger partial charge in [-0.1, -0.05) is 55.7 Å². The SMILES string of the molecule is O=C(CCc1ccccc1)Nc1cccc(NCC(=O)Nc2ccc(C(=O)NC3CCCCC3)cc2)c1. The molecule has 37 heavy (non-hydrogen) atoms. The van der Waals surface area contributed by atoms with Crippen molar-refractivity contribution in [3.63, 3.8) is 0 Å². The Morgan fingerprint density at radius 3 is 2.16 bits per heavy atom. The van der Waals surface area contributed by atoms with Crippen LogP contribution in [0.1, 0.15) is 54.4 Å². The van der Waals surface area contributed by atoms with Crippen LogP contribution in [-0.2, 0) is 16.0 Å². The van der Waals surface area contributed by atoms with Crippen LogP contribution in [0.15, 0.2) is 78.9 Å². The molecule has 1 fully saturated rings. The number of rotatable bonds is 10. The van der Waals surface area contributed by atoms with E-state index < -0.39 is 0 Å². The Morgan fingerprint density at radius 2 is 1.41 bits per heavy atom. The minimum atomic E-state index is -0.211. The summed E-state index contributed by atoms with van der Waals surface area (Å²) in [6.45, 7) is 0.0648. The summed E-state index contributed by atoms with van der Waals surface area (Å²) in [5, 5.41) is 11.9. The molecule has 1 aliphatic rings. The zero-order valence-corrected chi connectivity index (χ0v) is 21.0. The molecule has 0 unspecified atom stereocenters. The predicted molar refractivity (Wildman–Crippen MR) is 148 cm³/mol. The average Bonchev–Trinajstić information content (AvgIpc) is 2.92. The number of benzene rings is 3. The first-order valence-electron chi connectivity index (χ1n) is 12.9. The Bertz CT molecular complexity index is 1190. The number of hydrogen-bond donors (Lipinski definition) is 4. The molecule has 0 radical (unpaired) electrons. The molecule has 0 aliphatic heterocycles. The highest BCUT2D eigenvalue weighted by molar-refractivity contribution is 5.97. The van der Waals surface area contributed by atoms with Gasteiger partial charge in [0.05, 0.1) is 6.54 Å². The maximum atomic E-state index is 12.5. The molecule has 0 aromatic heterocycles. The first-order valence-corrected chi connectivity index (χ1v) is 12.9. The first kappa shape index (κ1) is 25.9. The molecule has 3 aromatic carbocycles. The molecule has 7 heteroatoms. The predicted octanol–water partition coefficient (Wildman–Crippen LogP) is 5.37. The summed E-state index contributed by atoms with van der Waals surface area (Å²) >= 11 is 0. The Balaban J connectivity index is 1.20. The highest BCUT2D eigenvalue weighted by atomic mass is 16.2. The smallest absolute Gasteiger partial charge is 0.251 e. The van der Waals surface area contributed by atoms with Crippen LogP contribution in [0.5, 0.6) is 0 Å². The van der Waals surface area contributed by atoms with E-state index in [0.29, 0.717) is 29.8 Å². The molecule has 4 rings (SSSR count). The third-order valence-electron chi connectivity index (χ3n) is 6.45. The second kappa shape index (κ2) is 13.3. The second-order valence-corrected chi connectivity index (χ2v) is 9.40. The van der Waals surface area contributed by atoms with Crippen molar-refractivity contribution in [2.75, 3.05) is 22.5 Å². The van der Waals surface area contributed by atoms with Gasteiger partial charge in [-0.05, 0) is 67.3 Å². The lowest BCUT2D eigenvalue weighted by molar-refractivity contribution is -0.116. The summed E-state index contributed by atoms with van der Waals surface area (Å²) in [6, 6.07) is 24.4. The fourth-order valence-corrected chi connectivity index (χ4v) is 4.44. The Hall–Kier alpha value is -4.13. The maximum Gasteiger partial charge on any atom is 0.251 e. The molecule has 0 heterocycles. The number of carbonyl (C=O) groups is 3. The molecule has 7 nitrogen and oxygen atoms in total. The molecule has 0 spiro atoms. The van der Waals surface area contributed by atoms with Gasteiger partial charge in [-0.15, -0.1) is 0 Å². The molecule has 4 N–H and O–H groups in total.